The molecule has 0 bridgehead atoms. The summed E-state index contributed by atoms with van der Waals surface area (Å²) >= 11 is 0. The molecule has 6 heteroatoms. The third-order valence-corrected chi connectivity index (χ3v) is 5.13. The molecular formula is C15H31ClO4S. The second-order valence-electron chi connectivity index (χ2n) is 6.45. The van der Waals surface area contributed by atoms with Gasteiger partial charge in [-0.25, -0.2) is 8.42 Å². The van der Waals surface area contributed by atoms with Gasteiger partial charge in [-0.1, -0.05) is 26.7 Å². The zero-order valence-corrected chi connectivity index (χ0v) is 15.6. The molecule has 0 saturated carbocycles. The molecule has 4 nitrogen and oxygen atoms in total. The van der Waals surface area contributed by atoms with E-state index in [-0.39, 0.29) is 16.8 Å². The smallest absolute Gasteiger partial charge is 0.233 e. The Morgan fingerprint density at radius 3 is 1.95 bits per heavy atom. The molecule has 0 aromatic rings. The average molecular weight is 343 g/mol. The summed E-state index contributed by atoms with van der Waals surface area (Å²) < 4.78 is 34.2. The van der Waals surface area contributed by atoms with Crippen molar-refractivity contribution in [3.63, 3.8) is 0 Å². The third kappa shape index (κ3) is 9.72. The summed E-state index contributed by atoms with van der Waals surface area (Å²) in [4.78, 5) is 0. The SMILES string of the molecule is CCCC(CCC)(COCCC(C)(C)OC)CS(=O)(=O)Cl. The Bertz CT molecular complexity index is 373. The van der Waals surface area contributed by atoms with Gasteiger partial charge < -0.3 is 9.47 Å². The maximum absolute atomic E-state index is 11.5. The Morgan fingerprint density at radius 1 is 1.05 bits per heavy atom. The second kappa shape index (κ2) is 9.33. The van der Waals surface area contributed by atoms with Crippen LogP contribution in [0, 0.1) is 5.41 Å². The molecule has 0 aromatic carbocycles. The van der Waals surface area contributed by atoms with Crippen LogP contribution in [-0.4, -0.2) is 40.1 Å². The quantitative estimate of drug-likeness (QED) is 0.397. The van der Waals surface area contributed by atoms with E-state index in [1.165, 1.54) is 0 Å². The fourth-order valence-electron chi connectivity index (χ4n) is 2.59. The van der Waals surface area contributed by atoms with Crippen molar-refractivity contribution in [1.82, 2.24) is 0 Å². The van der Waals surface area contributed by atoms with Crippen LogP contribution in [0.3, 0.4) is 0 Å². The minimum Gasteiger partial charge on any atom is -0.381 e. The molecule has 0 spiro atoms. The van der Waals surface area contributed by atoms with Gasteiger partial charge in [0.2, 0.25) is 9.05 Å². The van der Waals surface area contributed by atoms with Crippen molar-refractivity contribution in [2.45, 2.75) is 65.4 Å². The van der Waals surface area contributed by atoms with Crippen molar-refractivity contribution in [2.24, 2.45) is 5.41 Å². The zero-order chi connectivity index (χ0) is 16.6. The molecular weight excluding hydrogens is 312 g/mol. The Labute approximate surface area is 135 Å². The van der Waals surface area contributed by atoms with Gasteiger partial charge in [-0.2, -0.15) is 0 Å². The summed E-state index contributed by atoms with van der Waals surface area (Å²) in [6.07, 6.45) is 4.21. The van der Waals surface area contributed by atoms with Crippen molar-refractivity contribution in [3.05, 3.63) is 0 Å². The highest BCUT2D eigenvalue weighted by molar-refractivity contribution is 8.13. The number of hydrogen-bond donors (Lipinski definition) is 0. The van der Waals surface area contributed by atoms with Crippen molar-refractivity contribution in [3.8, 4) is 0 Å². The molecule has 0 fully saturated rings. The lowest BCUT2D eigenvalue weighted by atomic mass is 9.82. The lowest BCUT2D eigenvalue weighted by Crippen LogP contribution is -2.34. The topological polar surface area (TPSA) is 52.6 Å². The largest absolute Gasteiger partial charge is 0.381 e. The van der Waals surface area contributed by atoms with Gasteiger partial charge in [0, 0.05) is 29.8 Å². The molecule has 0 rings (SSSR count). The van der Waals surface area contributed by atoms with Crippen LogP contribution in [0.5, 0.6) is 0 Å². The minimum atomic E-state index is -3.53. The van der Waals surface area contributed by atoms with Crippen molar-refractivity contribution in [1.29, 1.82) is 0 Å². The number of rotatable bonds is 12. The van der Waals surface area contributed by atoms with Crippen LogP contribution in [0.2, 0.25) is 0 Å². The molecule has 0 aliphatic heterocycles. The highest BCUT2D eigenvalue weighted by atomic mass is 35.7. The first-order valence-electron chi connectivity index (χ1n) is 7.65. The third-order valence-electron chi connectivity index (χ3n) is 3.85. The number of hydrogen-bond acceptors (Lipinski definition) is 4. The maximum atomic E-state index is 11.5. The normalized spacial score (nSPS) is 13.6. The molecule has 0 saturated heterocycles. The minimum absolute atomic E-state index is 0.0170. The molecule has 0 unspecified atom stereocenters. The van der Waals surface area contributed by atoms with Gasteiger partial charge >= 0.3 is 0 Å². The van der Waals surface area contributed by atoms with Gasteiger partial charge in [0.25, 0.3) is 0 Å². The van der Waals surface area contributed by atoms with Crippen LogP contribution in [0.4, 0.5) is 0 Å². The van der Waals surface area contributed by atoms with Crippen LogP contribution in [0.15, 0.2) is 0 Å². The lowest BCUT2D eigenvalue weighted by molar-refractivity contribution is -0.0249. The number of halogens is 1. The molecule has 0 radical (unpaired) electrons. The van der Waals surface area contributed by atoms with Gasteiger partial charge in [-0.15, -0.1) is 0 Å². The van der Waals surface area contributed by atoms with Crippen LogP contribution in [-0.2, 0) is 18.5 Å². The van der Waals surface area contributed by atoms with E-state index in [2.05, 4.69) is 13.8 Å². The summed E-state index contributed by atoms with van der Waals surface area (Å²) in [6.45, 7) is 9.10. The number of methoxy groups -OCH3 is 1. The van der Waals surface area contributed by atoms with Crippen molar-refractivity contribution < 1.29 is 17.9 Å². The number of ether oxygens (including phenoxy) is 2. The lowest BCUT2D eigenvalue weighted by Gasteiger charge is -2.32. The van der Waals surface area contributed by atoms with Crippen LogP contribution in [0.1, 0.15) is 59.8 Å². The fourth-order valence-corrected chi connectivity index (χ4v) is 4.39. The van der Waals surface area contributed by atoms with Gasteiger partial charge in [-0.3, -0.25) is 0 Å². The first kappa shape index (κ1) is 21.2. The van der Waals surface area contributed by atoms with E-state index < -0.39 is 9.05 Å². The average Bonchev–Trinajstić information content (AvgIpc) is 2.33. The van der Waals surface area contributed by atoms with E-state index in [0.717, 1.165) is 32.1 Å². The first-order valence-corrected chi connectivity index (χ1v) is 10.1. The van der Waals surface area contributed by atoms with Gasteiger partial charge in [0.1, 0.15) is 0 Å². The summed E-state index contributed by atoms with van der Waals surface area (Å²) in [7, 11) is 3.64. The van der Waals surface area contributed by atoms with Crippen molar-refractivity contribution in [2.75, 3.05) is 26.1 Å². The van der Waals surface area contributed by atoms with Crippen LogP contribution < -0.4 is 0 Å². The Kier molecular flexibility index (Phi) is 9.40. The van der Waals surface area contributed by atoms with E-state index in [1.54, 1.807) is 7.11 Å². The van der Waals surface area contributed by atoms with E-state index in [1.807, 2.05) is 13.8 Å². The van der Waals surface area contributed by atoms with Crippen molar-refractivity contribution >= 4 is 19.7 Å². The van der Waals surface area contributed by atoms with Gasteiger partial charge in [0.05, 0.1) is 18.0 Å². The highest BCUT2D eigenvalue weighted by Crippen LogP contribution is 2.33. The van der Waals surface area contributed by atoms with E-state index in [9.17, 15) is 8.42 Å². The predicted octanol–water partition coefficient (Wildman–Crippen LogP) is 3.97. The van der Waals surface area contributed by atoms with Gasteiger partial charge in [-0.05, 0) is 33.1 Å². The highest BCUT2D eigenvalue weighted by Gasteiger charge is 2.34. The Balaban J connectivity index is 4.66. The van der Waals surface area contributed by atoms with E-state index in [0.29, 0.717) is 13.2 Å². The predicted molar refractivity (Wildman–Crippen MR) is 88.4 cm³/mol. The Morgan fingerprint density at radius 2 is 1.57 bits per heavy atom. The molecule has 128 valence electrons. The summed E-state index contributed by atoms with van der Waals surface area (Å²) in [6, 6.07) is 0. The Hall–Kier alpha value is 0.160. The second-order valence-corrected chi connectivity index (χ2v) is 9.23. The standard InChI is InChI=1S/C15H31ClO4S/c1-6-8-15(9-7-2,13-21(16,17)18)12-20-11-10-14(3,4)19-5/h6-13H2,1-5H3. The van der Waals surface area contributed by atoms with E-state index >= 15 is 0 Å². The molecule has 0 atom stereocenters. The van der Waals surface area contributed by atoms with Gasteiger partial charge in [0.15, 0.2) is 0 Å². The monoisotopic (exact) mass is 342 g/mol. The first-order chi connectivity index (χ1) is 9.60. The molecule has 0 aliphatic rings. The van der Waals surface area contributed by atoms with E-state index in [4.69, 9.17) is 20.2 Å². The molecule has 0 aliphatic carbocycles. The molecule has 0 N–H and O–H groups in total. The zero-order valence-electron chi connectivity index (χ0n) is 14.1. The summed E-state index contributed by atoms with van der Waals surface area (Å²) in [5.74, 6) is -0.0170. The summed E-state index contributed by atoms with van der Waals surface area (Å²) in [5, 5.41) is 0. The van der Waals surface area contributed by atoms with Crippen LogP contribution in [0.25, 0.3) is 0 Å². The molecule has 21 heavy (non-hydrogen) atoms. The molecule has 0 aromatic heterocycles. The fraction of sp³-hybridized carbons (Fsp3) is 1.00. The van der Waals surface area contributed by atoms with Crippen LogP contribution >= 0.6 is 10.7 Å². The molecule has 0 amide bonds. The summed E-state index contributed by atoms with van der Waals surface area (Å²) in [5.41, 5.74) is -0.599. The maximum Gasteiger partial charge on any atom is 0.233 e. The molecule has 0 heterocycles.